The van der Waals surface area contributed by atoms with Crippen LogP contribution in [0.3, 0.4) is 0 Å². The van der Waals surface area contributed by atoms with Gasteiger partial charge in [0.05, 0.1) is 45.4 Å². The van der Waals surface area contributed by atoms with E-state index in [4.69, 9.17) is 25.8 Å². The molecule has 4 N–H and O–H groups in total. The van der Waals surface area contributed by atoms with Crippen LogP contribution in [0.2, 0.25) is 5.02 Å². The molecular weight excluding hydrogens is 916 g/mol. The Labute approximate surface area is 415 Å². The summed E-state index contributed by atoms with van der Waals surface area (Å²) in [6, 6.07) is 19.8. The number of amides is 4. The van der Waals surface area contributed by atoms with Crippen molar-refractivity contribution in [3.05, 3.63) is 99.6 Å². The highest BCUT2D eigenvalue weighted by Gasteiger charge is 2.64. The van der Waals surface area contributed by atoms with E-state index >= 15 is 0 Å². The zero-order chi connectivity index (χ0) is 50.3. The van der Waals surface area contributed by atoms with Crippen molar-refractivity contribution in [1.29, 1.82) is 5.26 Å². The van der Waals surface area contributed by atoms with Gasteiger partial charge in [-0.1, -0.05) is 91.3 Å². The van der Waals surface area contributed by atoms with Gasteiger partial charge in [-0.2, -0.15) is 5.26 Å². The molecule has 0 bridgehead atoms. The number of halogens is 1. The summed E-state index contributed by atoms with van der Waals surface area (Å²) in [5.41, 5.74) is 4.19. The third-order valence-corrected chi connectivity index (χ3v) is 14.6. The summed E-state index contributed by atoms with van der Waals surface area (Å²) in [5.74, 6) is -0.208. The Morgan fingerprint density at radius 3 is 2.23 bits per heavy atom. The number of ether oxygens (including phenoxy) is 3. The van der Waals surface area contributed by atoms with Crippen molar-refractivity contribution in [2.75, 3.05) is 26.4 Å². The Balaban J connectivity index is 0.896. The maximum Gasteiger partial charge on any atom is 0.251 e. The number of carbonyl (C=O) groups is 4. The molecule has 370 valence electrons. The number of hydrogen-bond acceptors (Lipinski definition) is 11. The highest BCUT2D eigenvalue weighted by molar-refractivity contribution is 7.13. The van der Waals surface area contributed by atoms with Crippen molar-refractivity contribution < 1.29 is 38.5 Å². The van der Waals surface area contributed by atoms with Crippen LogP contribution < -0.4 is 25.4 Å². The van der Waals surface area contributed by atoms with Gasteiger partial charge in [-0.3, -0.25) is 19.2 Å². The lowest BCUT2D eigenvalue weighted by atomic mass is 9.49. The highest BCUT2D eigenvalue weighted by Crippen LogP contribution is 2.55. The largest absolute Gasteiger partial charge is 0.494 e. The van der Waals surface area contributed by atoms with Crippen LogP contribution in [-0.2, 0) is 19.1 Å². The van der Waals surface area contributed by atoms with Crippen molar-refractivity contribution in [1.82, 2.24) is 25.8 Å². The minimum Gasteiger partial charge on any atom is -0.494 e. The van der Waals surface area contributed by atoms with E-state index < -0.39 is 46.2 Å². The molecule has 16 heteroatoms. The Kier molecular flexibility index (Phi) is 17.2. The van der Waals surface area contributed by atoms with Crippen LogP contribution in [0.25, 0.3) is 10.4 Å². The van der Waals surface area contributed by atoms with E-state index in [1.165, 1.54) is 4.90 Å². The molecule has 4 aromatic rings. The van der Waals surface area contributed by atoms with Gasteiger partial charge < -0.3 is 40.2 Å². The Bertz CT molecular complexity index is 2460. The van der Waals surface area contributed by atoms with Crippen molar-refractivity contribution >= 4 is 46.6 Å². The first kappa shape index (κ1) is 52.8. The van der Waals surface area contributed by atoms with E-state index in [1.54, 1.807) is 53.8 Å². The monoisotopic (exact) mass is 982 g/mol. The lowest BCUT2D eigenvalue weighted by molar-refractivity contribution is -0.164. The highest BCUT2D eigenvalue weighted by atomic mass is 35.5. The Morgan fingerprint density at radius 2 is 1.62 bits per heavy atom. The smallest absolute Gasteiger partial charge is 0.251 e. The standard InChI is InChI=1S/C53H67ClN6O8S/c1-10-41(33-14-16-34(17-15-33)44-32(2)56-31-69-44)57-47(64)42-26-37(61)29-60(42)48(65)45(51(3,4)5)58-43(62)30-66-24-12-11-13-25-67-38-21-18-35(19-22-38)46(63)59-49-52(6,7)50(53(49,8)9)68-39-23-20-36(28-55)40(54)27-39/h14-23,27,31,37,41-42,45,49-50,61H,10-13,24-26,29-30H2,1-9H3,(H,57,64)(H,58,62)(H,59,63)/t37-,41-,42+,45-,49?,50?/m1/s1. The fourth-order valence-electron chi connectivity index (χ4n) is 9.81. The maximum atomic E-state index is 14.1. The summed E-state index contributed by atoms with van der Waals surface area (Å²) < 4.78 is 18.0. The number of thiazole rings is 1. The molecule has 4 atom stereocenters. The lowest BCUT2D eigenvalue weighted by Gasteiger charge is -2.63. The van der Waals surface area contributed by atoms with E-state index in [0.29, 0.717) is 53.7 Å². The zero-order valence-corrected chi connectivity index (χ0v) is 42.8. The molecule has 2 aliphatic rings. The second-order valence-electron chi connectivity index (χ2n) is 20.4. The summed E-state index contributed by atoms with van der Waals surface area (Å²) in [6.45, 7) is 18.3. The molecule has 69 heavy (non-hydrogen) atoms. The van der Waals surface area contributed by atoms with Gasteiger partial charge >= 0.3 is 0 Å². The number of unbranched alkanes of at least 4 members (excludes halogenated alkanes) is 2. The van der Waals surface area contributed by atoms with Gasteiger partial charge in [-0.25, -0.2) is 4.98 Å². The predicted octanol–water partition coefficient (Wildman–Crippen LogP) is 8.58. The van der Waals surface area contributed by atoms with E-state index in [1.807, 2.05) is 64.4 Å². The Morgan fingerprint density at radius 1 is 0.957 bits per heavy atom. The summed E-state index contributed by atoms with van der Waals surface area (Å²) in [4.78, 5) is 61.3. The van der Waals surface area contributed by atoms with Gasteiger partial charge in [0, 0.05) is 48.1 Å². The van der Waals surface area contributed by atoms with Crippen LogP contribution in [0, 0.1) is 34.5 Å². The molecule has 3 aromatic carbocycles. The molecule has 1 aliphatic carbocycles. The molecule has 2 fully saturated rings. The quantitative estimate of drug-likeness (QED) is 0.0624. The average Bonchev–Trinajstić information content (AvgIpc) is 3.93. The van der Waals surface area contributed by atoms with Gasteiger partial charge in [0.15, 0.2) is 0 Å². The van der Waals surface area contributed by atoms with Crippen molar-refractivity contribution in [2.24, 2.45) is 16.2 Å². The third kappa shape index (κ3) is 12.6. The molecule has 0 spiro atoms. The molecule has 6 rings (SSSR count). The fraction of sp³-hybridized carbons (Fsp3) is 0.509. The average molecular weight is 984 g/mol. The number of rotatable bonds is 20. The van der Waals surface area contributed by atoms with E-state index in [0.717, 1.165) is 34.5 Å². The van der Waals surface area contributed by atoms with Crippen LogP contribution in [0.4, 0.5) is 0 Å². The number of nitrogens with one attached hydrogen (secondary N) is 3. The molecule has 4 amide bonds. The Hall–Kier alpha value is -5.53. The number of likely N-dealkylation sites (tertiary alicyclic amines) is 1. The number of hydrogen-bond donors (Lipinski definition) is 4. The number of nitrogens with zero attached hydrogens (tertiary/aromatic N) is 3. The number of aliphatic hydroxyl groups is 1. The zero-order valence-electron chi connectivity index (χ0n) is 41.2. The first-order valence-electron chi connectivity index (χ1n) is 23.7. The van der Waals surface area contributed by atoms with Gasteiger partial charge in [-0.05, 0) is 85.5 Å². The van der Waals surface area contributed by atoms with Crippen molar-refractivity contribution in [2.45, 2.75) is 131 Å². The third-order valence-electron chi connectivity index (χ3n) is 13.3. The first-order chi connectivity index (χ1) is 32.6. The SMILES string of the molecule is CC[C@@H](NC(=O)[C@@H]1C[C@@H](O)CN1C(=O)[C@@H](NC(=O)COCCCCCOc1ccc(C(=O)NC2C(C)(C)C(Oc3ccc(C#N)c(Cl)c3)C2(C)C)cc1)C(C)(C)C)c1ccc(-c2scnc2C)cc1. The van der Waals surface area contributed by atoms with Crippen LogP contribution in [0.1, 0.15) is 121 Å². The van der Waals surface area contributed by atoms with Crippen LogP contribution in [-0.4, -0.2) is 95.3 Å². The second-order valence-corrected chi connectivity index (χ2v) is 21.7. The van der Waals surface area contributed by atoms with Gasteiger partial charge in [0.25, 0.3) is 5.91 Å². The molecule has 1 aliphatic heterocycles. The molecule has 0 unspecified atom stereocenters. The van der Waals surface area contributed by atoms with Crippen molar-refractivity contribution in [3.8, 4) is 28.0 Å². The molecule has 1 saturated carbocycles. The van der Waals surface area contributed by atoms with Crippen LogP contribution in [0.5, 0.6) is 11.5 Å². The predicted molar refractivity (Wildman–Crippen MR) is 267 cm³/mol. The molecule has 0 radical (unpaired) electrons. The van der Waals surface area contributed by atoms with Gasteiger partial charge in [0.1, 0.15) is 42.4 Å². The molecular formula is C53H67ClN6O8S. The van der Waals surface area contributed by atoms with Crippen LogP contribution >= 0.6 is 22.9 Å². The summed E-state index contributed by atoms with van der Waals surface area (Å²) in [6.07, 6.45) is 1.85. The number of benzene rings is 3. The summed E-state index contributed by atoms with van der Waals surface area (Å²) in [7, 11) is 0. The fourth-order valence-corrected chi connectivity index (χ4v) is 10.8. The van der Waals surface area contributed by atoms with E-state index in [9.17, 15) is 29.5 Å². The topological polar surface area (TPSA) is 192 Å². The minimum absolute atomic E-state index is 0.0162. The van der Waals surface area contributed by atoms with E-state index in [2.05, 4.69) is 54.7 Å². The number of aryl methyl sites for hydroxylation is 1. The lowest BCUT2D eigenvalue weighted by Crippen LogP contribution is -2.74. The molecule has 1 aromatic heterocycles. The number of nitriles is 1. The van der Waals surface area contributed by atoms with Crippen LogP contribution in [0.15, 0.2) is 72.2 Å². The molecule has 2 heterocycles. The van der Waals surface area contributed by atoms with E-state index in [-0.39, 0.29) is 49.6 Å². The second kappa shape index (κ2) is 22.5. The summed E-state index contributed by atoms with van der Waals surface area (Å²) >= 11 is 7.82. The maximum absolute atomic E-state index is 14.1. The number of β-amino-alcohol motifs (C(OH)–C–C–N with tert-alkyl or cyclic N) is 1. The normalized spacial score (nSPS) is 20.2. The summed E-state index contributed by atoms with van der Waals surface area (Å²) in [5, 5.41) is 29.4. The van der Waals surface area contributed by atoms with Gasteiger partial charge in [0.2, 0.25) is 17.7 Å². The molecule has 14 nitrogen and oxygen atoms in total. The number of aromatic nitrogens is 1. The first-order valence-corrected chi connectivity index (χ1v) is 25.0. The van der Waals surface area contributed by atoms with Crippen molar-refractivity contribution in [3.63, 3.8) is 0 Å². The molecule has 1 saturated heterocycles. The number of aliphatic hydroxyl groups excluding tert-OH is 1. The van der Waals surface area contributed by atoms with Gasteiger partial charge in [-0.15, -0.1) is 11.3 Å². The minimum atomic E-state index is -0.961. The number of carbonyl (C=O) groups excluding carboxylic acids is 4.